The highest BCUT2D eigenvalue weighted by Crippen LogP contribution is 2.44. The Balaban J connectivity index is 1.33. The molecule has 1 N–H and O–H groups in total. The second-order valence-electron chi connectivity index (χ2n) is 8.27. The minimum absolute atomic E-state index is 0.0295. The van der Waals surface area contributed by atoms with Gasteiger partial charge in [0, 0.05) is 18.5 Å². The molecule has 0 saturated heterocycles. The molecule has 1 aliphatic carbocycles. The maximum atomic E-state index is 13.0. The number of benzene rings is 3. The molecule has 31 heavy (non-hydrogen) atoms. The lowest BCUT2D eigenvalue weighted by Gasteiger charge is -2.34. The van der Waals surface area contributed by atoms with Crippen molar-refractivity contribution in [1.29, 1.82) is 0 Å². The Morgan fingerprint density at radius 1 is 0.968 bits per heavy atom. The van der Waals surface area contributed by atoms with Crippen molar-refractivity contribution >= 4 is 12.1 Å². The Labute approximate surface area is 180 Å². The van der Waals surface area contributed by atoms with Gasteiger partial charge in [-0.2, -0.15) is 0 Å². The molecule has 5 heteroatoms. The van der Waals surface area contributed by atoms with E-state index in [2.05, 4.69) is 24.3 Å². The van der Waals surface area contributed by atoms with Gasteiger partial charge < -0.3 is 14.7 Å². The van der Waals surface area contributed by atoms with Crippen LogP contribution in [-0.2, 0) is 17.7 Å². The van der Waals surface area contributed by atoms with E-state index in [0.29, 0.717) is 19.6 Å². The standard InChI is InChI=1S/C26H23NO4/c1-16-12-19-13-17(25(28)29)10-11-18(19)14-27(16)26(30)31-15-24-22-8-4-2-6-20(22)21-7-3-5-9-23(21)24/h2-11,13,16,24H,12,14-15H2,1H3,(H,28,29). The number of fused-ring (bicyclic) bond motifs is 4. The van der Waals surface area contributed by atoms with E-state index in [1.807, 2.05) is 31.2 Å². The highest BCUT2D eigenvalue weighted by atomic mass is 16.6. The highest BCUT2D eigenvalue weighted by Gasteiger charge is 2.32. The second-order valence-corrected chi connectivity index (χ2v) is 8.27. The number of rotatable bonds is 3. The van der Waals surface area contributed by atoms with Crippen LogP contribution in [-0.4, -0.2) is 34.7 Å². The van der Waals surface area contributed by atoms with Crippen LogP contribution in [0.5, 0.6) is 0 Å². The topological polar surface area (TPSA) is 66.8 Å². The van der Waals surface area contributed by atoms with Gasteiger partial charge in [-0.15, -0.1) is 0 Å². The van der Waals surface area contributed by atoms with Crippen LogP contribution in [0.15, 0.2) is 66.7 Å². The molecule has 1 amide bonds. The van der Waals surface area contributed by atoms with Crippen molar-refractivity contribution in [3.05, 3.63) is 94.5 Å². The average Bonchev–Trinajstić information content (AvgIpc) is 3.10. The molecule has 1 unspecified atom stereocenters. The maximum absolute atomic E-state index is 13.0. The number of hydrogen-bond acceptors (Lipinski definition) is 3. The molecule has 1 heterocycles. The summed E-state index contributed by atoms with van der Waals surface area (Å²) in [6, 6.07) is 21.6. The zero-order valence-corrected chi connectivity index (χ0v) is 17.2. The largest absolute Gasteiger partial charge is 0.478 e. The first-order valence-electron chi connectivity index (χ1n) is 10.5. The van der Waals surface area contributed by atoms with Crippen molar-refractivity contribution in [2.24, 2.45) is 0 Å². The Kier molecular flexibility index (Phi) is 4.74. The molecule has 0 fully saturated rings. The van der Waals surface area contributed by atoms with Crippen LogP contribution in [0.3, 0.4) is 0 Å². The number of carboxylic acid groups (broad SMARTS) is 1. The summed E-state index contributed by atoms with van der Waals surface area (Å²) in [6.07, 6.45) is 0.281. The van der Waals surface area contributed by atoms with Gasteiger partial charge >= 0.3 is 12.1 Å². The lowest BCUT2D eigenvalue weighted by molar-refractivity contribution is 0.0693. The molecule has 0 spiro atoms. The third kappa shape index (κ3) is 3.36. The van der Waals surface area contributed by atoms with Gasteiger partial charge in [0.15, 0.2) is 0 Å². The monoisotopic (exact) mass is 413 g/mol. The zero-order valence-electron chi connectivity index (χ0n) is 17.2. The van der Waals surface area contributed by atoms with Crippen LogP contribution in [0.2, 0.25) is 0 Å². The first kappa shape index (κ1) is 19.4. The van der Waals surface area contributed by atoms with Gasteiger partial charge in [-0.25, -0.2) is 9.59 Å². The van der Waals surface area contributed by atoms with Crippen molar-refractivity contribution in [1.82, 2.24) is 4.90 Å². The lowest BCUT2D eigenvalue weighted by atomic mass is 9.93. The van der Waals surface area contributed by atoms with Crippen molar-refractivity contribution in [3.8, 4) is 11.1 Å². The predicted molar refractivity (Wildman–Crippen MR) is 117 cm³/mol. The van der Waals surface area contributed by atoms with Gasteiger partial charge in [-0.3, -0.25) is 0 Å². The summed E-state index contributed by atoms with van der Waals surface area (Å²) >= 11 is 0. The highest BCUT2D eigenvalue weighted by molar-refractivity contribution is 5.88. The van der Waals surface area contributed by atoms with E-state index in [4.69, 9.17) is 4.74 Å². The smallest absolute Gasteiger partial charge is 0.410 e. The van der Waals surface area contributed by atoms with E-state index < -0.39 is 5.97 Å². The fourth-order valence-electron chi connectivity index (χ4n) is 4.79. The van der Waals surface area contributed by atoms with Gasteiger partial charge in [0.05, 0.1) is 5.56 Å². The summed E-state index contributed by atoms with van der Waals surface area (Å²) in [4.78, 5) is 26.0. The minimum Gasteiger partial charge on any atom is -0.478 e. The molecule has 2 aliphatic rings. The number of carbonyl (C=O) groups is 2. The molecule has 5 rings (SSSR count). The Bertz CT molecular complexity index is 1140. The molecule has 3 aromatic carbocycles. The molecule has 1 atom stereocenters. The summed E-state index contributed by atoms with van der Waals surface area (Å²) in [7, 11) is 0. The van der Waals surface area contributed by atoms with Crippen molar-refractivity contribution in [2.45, 2.75) is 31.8 Å². The van der Waals surface area contributed by atoms with Gasteiger partial charge in [0.2, 0.25) is 0 Å². The molecule has 3 aromatic rings. The summed E-state index contributed by atoms with van der Waals surface area (Å²) in [5.74, 6) is -0.906. The Hall–Kier alpha value is -3.60. The molecular formula is C26H23NO4. The predicted octanol–water partition coefficient (Wildman–Crippen LogP) is 5.08. The van der Waals surface area contributed by atoms with Gasteiger partial charge in [0.25, 0.3) is 0 Å². The third-order valence-electron chi connectivity index (χ3n) is 6.41. The quantitative estimate of drug-likeness (QED) is 0.650. The number of aromatic carboxylic acids is 1. The van der Waals surface area contributed by atoms with Crippen LogP contribution in [0.25, 0.3) is 11.1 Å². The molecule has 0 saturated carbocycles. The number of hydrogen-bond donors (Lipinski definition) is 1. The second kappa shape index (κ2) is 7.58. The van der Waals surface area contributed by atoms with E-state index in [1.165, 1.54) is 22.3 Å². The lowest BCUT2D eigenvalue weighted by Crippen LogP contribution is -2.43. The number of ether oxygens (including phenoxy) is 1. The summed E-state index contributed by atoms with van der Waals surface area (Å²) in [5.41, 5.74) is 7.01. The average molecular weight is 413 g/mol. The van der Waals surface area contributed by atoms with Crippen LogP contribution in [0.4, 0.5) is 4.79 Å². The van der Waals surface area contributed by atoms with E-state index in [0.717, 1.165) is 11.1 Å². The summed E-state index contributed by atoms with van der Waals surface area (Å²) in [6.45, 7) is 2.69. The molecule has 0 radical (unpaired) electrons. The number of carbonyl (C=O) groups excluding carboxylic acids is 1. The normalized spacial score (nSPS) is 16.9. The summed E-state index contributed by atoms with van der Waals surface area (Å²) < 4.78 is 5.82. The van der Waals surface area contributed by atoms with Crippen molar-refractivity contribution in [2.75, 3.05) is 6.61 Å². The summed E-state index contributed by atoms with van der Waals surface area (Å²) in [5, 5.41) is 9.22. The van der Waals surface area contributed by atoms with Crippen LogP contribution >= 0.6 is 0 Å². The molecule has 5 nitrogen and oxygen atoms in total. The van der Waals surface area contributed by atoms with Crippen LogP contribution < -0.4 is 0 Å². The molecule has 156 valence electrons. The zero-order chi connectivity index (χ0) is 21.5. The van der Waals surface area contributed by atoms with E-state index in [1.54, 1.807) is 23.1 Å². The SMILES string of the molecule is CC1Cc2cc(C(=O)O)ccc2CN1C(=O)OCC1c2ccccc2-c2ccccc21. The Morgan fingerprint density at radius 3 is 2.26 bits per heavy atom. The van der Waals surface area contributed by atoms with E-state index in [-0.39, 0.29) is 23.6 Å². The number of amides is 1. The van der Waals surface area contributed by atoms with Gasteiger partial charge in [-0.1, -0.05) is 54.6 Å². The van der Waals surface area contributed by atoms with Gasteiger partial charge in [-0.05, 0) is 58.9 Å². The van der Waals surface area contributed by atoms with Crippen LogP contribution in [0, 0.1) is 0 Å². The Morgan fingerprint density at radius 2 is 1.61 bits per heavy atom. The van der Waals surface area contributed by atoms with E-state index in [9.17, 15) is 14.7 Å². The number of nitrogens with zero attached hydrogens (tertiary/aromatic N) is 1. The van der Waals surface area contributed by atoms with Crippen molar-refractivity contribution < 1.29 is 19.4 Å². The van der Waals surface area contributed by atoms with E-state index >= 15 is 0 Å². The first-order chi connectivity index (χ1) is 15.0. The molecule has 0 bridgehead atoms. The van der Waals surface area contributed by atoms with Gasteiger partial charge in [0.1, 0.15) is 6.61 Å². The van der Waals surface area contributed by atoms with Crippen LogP contribution in [0.1, 0.15) is 45.5 Å². The third-order valence-corrected chi connectivity index (χ3v) is 6.41. The van der Waals surface area contributed by atoms with Crippen molar-refractivity contribution in [3.63, 3.8) is 0 Å². The minimum atomic E-state index is -0.936. The maximum Gasteiger partial charge on any atom is 0.410 e. The fraction of sp³-hybridized carbons (Fsp3) is 0.231. The molecule has 1 aliphatic heterocycles. The fourth-order valence-corrected chi connectivity index (χ4v) is 4.79. The molecule has 0 aromatic heterocycles. The molecular weight excluding hydrogens is 390 g/mol. The number of carboxylic acids is 1. The first-order valence-corrected chi connectivity index (χ1v) is 10.5.